The number of carbonyl (C=O) groups is 1. The summed E-state index contributed by atoms with van der Waals surface area (Å²) in [6, 6.07) is 5.28. The van der Waals surface area contributed by atoms with Crippen molar-refractivity contribution in [1.29, 1.82) is 0 Å². The highest BCUT2D eigenvalue weighted by Gasteiger charge is 2.44. The first-order valence-electron chi connectivity index (χ1n) is 5.62. The minimum absolute atomic E-state index is 0.297. The Morgan fingerprint density at radius 1 is 0.952 bits per heavy atom. The molecule has 0 bridgehead atoms. The zero-order valence-corrected chi connectivity index (χ0v) is 10.2. The van der Waals surface area contributed by atoms with Crippen LogP contribution in [0, 0.1) is 17.5 Å². The minimum Gasteiger partial charge on any atom is -0.426 e. The number of ether oxygens (including phenoxy) is 1. The van der Waals surface area contributed by atoms with Gasteiger partial charge in [-0.15, -0.1) is 0 Å². The molecule has 21 heavy (non-hydrogen) atoms. The van der Waals surface area contributed by atoms with E-state index < -0.39 is 40.7 Å². The number of halogens is 5. The van der Waals surface area contributed by atoms with Crippen LogP contribution in [0.1, 0.15) is 10.4 Å². The molecule has 0 fully saturated rings. The monoisotopic (exact) mass is 302 g/mol. The van der Waals surface area contributed by atoms with Gasteiger partial charge in [-0.25, -0.2) is 13.2 Å². The van der Waals surface area contributed by atoms with Crippen molar-refractivity contribution in [1.82, 2.24) is 0 Å². The Balaban J connectivity index is 2.28. The van der Waals surface area contributed by atoms with E-state index in [4.69, 9.17) is 0 Å². The summed E-state index contributed by atoms with van der Waals surface area (Å²) in [4.78, 5) is 11.6. The Morgan fingerprint density at radius 3 is 2.24 bits per heavy atom. The molecule has 7 heteroatoms. The van der Waals surface area contributed by atoms with E-state index in [1.165, 1.54) is 0 Å². The second kappa shape index (κ2) is 5.51. The van der Waals surface area contributed by atoms with Gasteiger partial charge in [-0.05, 0) is 24.3 Å². The summed E-state index contributed by atoms with van der Waals surface area (Å²) in [6.45, 7) is 0. The predicted octanol–water partition coefficient (Wildman–Crippen LogP) is 3.96. The fourth-order valence-corrected chi connectivity index (χ4v) is 1.56. The lowest BCUT2D eigenvalue weighted by Gasteiger charge is -2.17. The maximum atomic E-state index is 13.6. The number of carbonyl (C=O) groups excluding carboxylic acids is 1. The minimum atomic E-state index is -4.42. The van der Waals surface area contributed by atoms with Crippen LogP contribution >= 0.6 is 0 Å². The Bertz CT molecular complexity index is 685. The lowest BCUT2D eigenvalue weighted by atomic mass is 10.1. The van der Waals surface area contributed by atoms with Crippen molar-refractivity contribution >= 4 is 5.78 Å². The fraction of sp³-hybridized carbons (Fsp3) is 0.0714. The van der Waals surface area contributed by atoms with E-state index in [1.54, 1.807) is 0 Å². The zero-order valence-electron chi connectivity index (χ0n) is 10.2. The number of rotatable bonds is 4. The van der Waals surface area contributed by atoms with Crippen LogP contribution in [0.2, 0.25) is 0 Å². The average Bonchev–Trinajstić information content (AvgIpc) is 2.37. The van der Waals surface area contributed by atoms with E-state index >= 15 is 0 Å². The van der Waals surface area contributed by atoms with Gasteiger partial charge < -0.3 is 4.74 Å². The molecule has 2 aromatic rings. The number of benzene rings is 2. The van der Waals surface area contributed by atoms with E-state index in [9.17, 15) is 26.7 Å². The second-order valence-corrected chi connectivity index (χ2v) is 4.03. The number of hydrogen-bond donors (Lipinski definition) is 0. The van der Waals surface area contributed by atoms with Crippen LogP contribution < -0.4 is 4.74 Å². The molecule has 0 saturated heterocycles. The molecule has 0 saturated carbocycles. The largest absolute Gasteiger partial charge is 0.466 e. The maximum absolute atomic E-state index is 13.6. The quantitative estimate of drug-likeness (QED) is 0.631. The van der Waals surface area contributed by atoms with Gasteiger partial charge in [0, 0.05) is 12.1 Å². The van der Waals surface area contributed by atoms with Crippen molar-refractivity contribution in [2.24, 2.45) is 0 Å². The van der Waals surface area contributed by atoms with Gasteiger partial charge in [0.25, 0.3) is 5.78 Å². The van der Waals surface area contributed by atoms with Crippen molar-refractivity contribution < 1.29 is 31.5 Å². The SMILES string of the molecule is O=C(c1ccc(F)cc1F)C(F)(F)Oc1cccc(F)c1. The molecule has 0 amide bonds. The third-order valence-electron chi connectivity index (χ3n) is 2.48. The van der Waals surface area contributed by atoms with E-state index in [2.05, 4.69) is 4.74 Å². The Morgan fingerprint density at radius 2 is 1.62 bits per heavy atom. The summed E-state index contributed by atoms with van der Waals surface area (Å²) in [6.07, 6.45) is -4.42. The molecule has 110 valence electrons. The third kappa shape index (κ3) is 3.36. The van der Waals surface area contributed by atoms with Crippen LogP contribution in [0.25, 0.3) is 0 Å². The summed E-state index contributed by atoms with van der Waals surface area (Å²) in [7, 11) is 0. The standard InChI is InChI=1S/C14H7F5O2/c15-8-2-1-3-10(6-8)21-14(18,19)13(20)11-5-4-9(16)7-12(11)17/h1-7H. The summed E-state index contributed by atoms with van der Waals surface area (Å²) >= 11 is 0. The van der Waals surface area contributed by atoms with E-state index in [0.717, 1.165) is 18.2 Å². The second-order valence-electron chi connectivity index (χ2n) is 4.03. The highest BCUT2D eigenvalue weighted by molar-refractivity contribution is 6.00. The Hall–Kier alpha value is -2.44. The normalized spacial score (nSPS) is 11.3. The van der Waals surface area contributed by atoms with Gasteiger partial charge in [0.05, 0.1) is 5.56 Å². The number of ketones is 1. The van der Waals surface area contributed by atoms with E-state index in [1.807, 2.05) is 0 Å². The van der Waals surface area contributed by atoms with Crippen LogP contribution in [0.5, 0.6) is 5.75 Å². The van der Waals surface area contributed by atoms with Crippen LogP contribution in [0.4, 0.5) is 22.0 Å². The van der Waals surface area contributed by atoms with Crippen LogP contribution in [0.15, 0.2) is 42.5 Å². The predicted molar refractivity (Wildman–Crippen MR) is 62.7 cm³/mol. The highest BCUT2D eigenvalue weighted by Crippen LogP contribution is 2.27. The van der Waals surface area contributed by atoms with E-state index in [0.29, 0.717) is 24.3 Å². The smallest absolute Gasteiger partial charge is 0.426 e. The molecule has 0 unspecified atom stereocenters. The zero-order chi connectivity index (χ0) is 15.6. The van der Waals surface area contributed by atoms with Crippen molar-refractivity contribution in [3.63, 3.8) is 0 Å². The summed E-state index contributed by atoms with van der Waals surface area (Å²) in [5.74, 6) is -5.90. The lowest BCUT2D eigenvalue weighted by Crippen LogP contribution is -2.35. The van der Waals surface area contributed by atoms with Gasteiger partial charge in [-0.3, -0.25) is 4.79 Å². The molecular weight excluding hydrogens is 295 g/mol. The van der Waals surface area contributed by atoms with Crippen molar-refractivity contribution in [3.05, 3.63) is 65.5 Å². The van der Waals surface area contributed by atoms with Gasteiger partial charge in [0.1, 0.15) is 23.2 Å². The summed E-state index contributed by atoms with van der Waals surface area (Å²) in [5.41, 5.74) is -1.03. The first-order valence-corrected chi connectivity index (χ1v) is 5.62. The van der Waals surface area contributed by atoms with Crippen LogP contribution in [0.3, 0.4) is 0 Å². The first-order chi connectivity index (χ1) is 9.79. The third-order valence-corrected chi connectivity index (χ3v) is 2.48. The molecule has 2 nitrogen and oxygen atoms in total. The van der Waals surface area contributed by atoms with E-state index in [-0.39, 0.29) is 0 Å². The molecule has 0 N–H and O–H groups in total. The average molecular weight is 302 g/mol. The number of Topliss-reactive ketones (excluding diaryl/α,β-unsaturated/α-hetero) is 1. The summed E-state index contributed by atoms with van der Waals surface area (Å²) < 4.78 is 70.3. The molecule has 0 aliphatic rings. The molecule has 0 aliphatic carbocycles. The van der Waals surface area contributed by atoms with Crippen LogP contribution in [-0.4, -0.2) is 11.9 Å². The van der Waals surface area contributed by atoms with Gasteiger partial charge in [0.15, 0.2) is 0 Å². The van der Waals surface area contributed by atoms with Gasteiger partial charge in [-0.2, -0.15) is 8.78 Å². The first kappa shape index (κ1) is 15.0. The fourth-order valence-electron chi connectivity index (χ4n) is 1.56. The molecule has 2 rings (SSSR count). The number of hydrogen-bond acceptors (Lipinski definition) is 2. The van der Waals surface area contributed by atoms with Gasteiger partial charge in [-0.1, -0.05) is 6.07 Å². The molecule has 0 radical (unpaired) electrons. The highest BCUT2D eigenvalue weighted by atomic mass is 19.3. The Kier molecular flexibility index (Phi) is 3.93. The Labute approximate surface area is 115 Å². The van der Waals surface area contributed by atoms with Gasteiger partial charge in [0.2, 0.25) is 0 Å². The molecule has 0 atom stereocenters. The molecule has 0 aromatic heterocycles. The topological polar surface area (TPSA) is 26.3 Å². The molecule has 0 heterocycles. The molecule has 2 aromatic carbocycles. The summed E-state index contributed by atoms with van der Waals surface area (Å²) in [5, 5.41) is 0. The number of alkyl halides is 2. The van der Waals surface area contributed by atoms with Crippen LogP contribution in [-0.2, 0) is 0 Å². The maximum Gasteiger partial charge on any atom is 0.466 e. The van der Waals surface area contributed by atoms with Crippen molar-refractivity contribution in [3.8, 4) is 5.75 Å². The van der Waals surface area contributed by atoms with Crippen molar-refractivity contribution in [2.75, 3.05) is 0 Å². The molecule has 0 spiro atoms. The van der Waals surface area contributed by atoms with Gasteiger partial charge >= 0.3 is 6.11 Å². The molecular formula is C14H7F5O2. The molecule has 0 aliphatic heterocycles. The van der Waals surface area contributed by atoms with Crippen molar-refractivity contribution in [2.45, 2.75) is 6.11 Å². The lowest BCUT2D eigenvalue weighted by molar-refractivity contribution is -0.134.